The summed E-state index contributed by atoms with van der Waals surface area (Å²) >= 11 is 0. The molecule has 0 saturated carbocycles. The molecule has 24 heavy (non-hydrogen) atoms. The number of unbranched alkanes of at least 4 members (excludes halogenated alkanes) is 13. The summed E-state index contributed by atoms with van der Waals surface area (Å²) < 4.78 is 0. The molecule has 0 unspecified atom stereocenters. The molecule has 1 amide bonds. The maximum Gasteiger partial charge on any atom is 0.221 e. The number of nitrogens with one attached hydrogen (secondary N) is 2. The fourth-order valence-corrected chi connectivity index (χ4v) is 3.06. The van der Waals surface area contributed by atoms with Crippen LogP contribution in [0.25, 0.3) is 0 Å². The number of carbonyl (C=O) groups excluding carboxylic acids is 1. The van der Waals surface area contributed by atoms with Crippen LogP contribution in [-0.4, -0.2) is 25.5 Å². The van der Waals surface area contributed by atoms with Crippen molar-refractivity contribution in [2.45, 2.75) is 110 Å². The lowest BCUT2D eigenvalue weighted by atomic mass is 10.0. The molecule has 0 bridgehead atoms. The molecule has 144 valence electrons. The predicted molar refractivity (Wildman–Crippen MR) is 106 cm³/mol. The van der Waals surface area contributed by atoms with Gasteiger partial charge in [0.15, 0.2) is 0 Å². The molecule has 0 aliphatic carbocycles. The standard InChI is InChI=1S/C21H44N2O/c1-3-5-6-7-8-9-10-11-12-13-14-15-16-17-19-22-20-18-21(24)23-4-2/h22H,3-20H2,1-2H3,(H,23,24). The Labute approximate surface area is 151 Å². The number of hydrogen-bond acceptors (Lipinski definition) is 2. The molecule has 0 heterocycles. The predicted octanol–water partition coefficient (Wildman–Crippen LogP) is 5.58. The molecule has 0 radical (unpaired) electrons. The zero-order chi connectivity index (χ0) is 17.7. The molecule has 0 aromatic heterocycles. The Morgan fingerprint density at radius 1 is 0.625 bits per heavy atom. The van der Waals surface area contributed by atoms with Crippen LogP contribution < -0.4 is 10.6 Å². The van der Waals surface area contributed by atoms with Crippen molar-refractivity contribution in [3.8, 4) is 0 Å². The molecule has 0 aromatic rings. The Morgan fingerprint density at radius 3 is 1.54 bits per heavy atom. The summed E-state index contributed by atoms with van der Waals surface area (Å²) in [4.78, 5) is 11.3. The van der Waals surface area contributed by atoms with Crippen LogP contribution >= 0.6 is 0 Å². The second-order valence-electron chi connectivity index (χ2n) is 7.05. The van der Waals surface area contributed by atoms with Crippen molar-refractivity contribution in [1.82, 2.24) is 10.6 Å². The quantitative estimate of drug-likeness (QED) is 0.301. The van der Waals surface area contributed by atoms with Gasteiger partial charge in [0.1, 0.15) is 0 Å². The number of rotatable bonds is 19. The summed E-state index contributed by atoms with van der Waals surface area (Å²) in [7, 11) is 0. The third-order valence-electron chi connectivity index (χ3n) is 4.61. The summed E-state index contributed by atoms with van der Waals surface area (Å²) in [5.41, 5.74) is 0. The van der Waals surface area contributed by atoms with Gasteiger partial charge in [-0.15, -0.1) is 0 Å². The van der Waals surface area contributed by atoms with Gasteiger partial charge in [0.2, 0.25) is 5.91 Å². The topological polar surface area (TPSA) is 41.1 Å². The monoisotopic (exact) mass is 340 g/mol. The first-order chi connectivity index (χ1) is 11.8. The second kappa shape index (κ2) is 20.5. The highest BCUT2D eigenvalue weighted by Gasteiger charge is 1.98. The van der Waals surface area contributed by atoms with Gasteiger partial charge >= 0.3 is 0 Å². The van der Waals surface area contributed by atoms with E-state index in [1.807, 2.05) is 6.92 Å². The van der Waals surface area contributed by atoms with Crippen molar-refractivity contribution in [2.75, 3.05) is 19.6 Å². The van der Waals surface area contributed by atoms with Gasteiger partial charge in [-0.25, -0.2) is 0 Å². The minimum absolute atomic E-state index is 0.158. The van der Waals surface area contributed by atoms with Crippen molar-refractivity contribution in [2.24, 2.45) is 0 Å². The van der Waals surface area contributed by atoms with Gasteiger partial charge in [0.25, 0.3) is 0 Å². The summed E-state index contributed by atoms with van der Waals surface area (Å²) in [6.07, 6.45) is 20.2. The first-order valence-corrected chi connectivity index (χ1v) is 10.8. The van der Waals surface area contributed by atoms with Crippen LogP contribution in [0.4, 0.5) is 0 Å². The van der Waals surface area contributed by atoms with Gasteiger partial charge in [-0.3, -0.25) is 4.79 Å². The molecule has 0 atom stereocenters. The summed E-state index contributed by atoms with van der Waals surface area (Å²) in [6, 6.07) is 0. The van der Waals surface area contributed by atoms with E-state index in [1.54, 1.807) is 0 Å². The number of hydrogen-bond donors (Lipinski definition) is 2. The lowest BCUT2D eigenvalue weighted by molar-refractivity contribution is -0.120. The largest absolute Gasteiger partial charge is 0.356 e. The fourth-order valence-electron chi connectivity index (χ4n) is 3.06. The fraction of sp³-hybridized carbons (Fsp3) is 0.952. The van der Waals surface area contributed by atoms with Crippen LogP contribution in [0.5, 0.6) is 0 Å². The SMILES string of the molecule is CCCCCCCCCCCCCCCCNCCC(=O)NCC. The van der Waals surface area contributed by atoms with Gasteiger partial charge in [-0.1, -0.05) is 90.4 Å². The Balaban J connectivity index is 3.01. The number of carbonyl (C=O) groups is 1. The smallest absolute Gasteiger partial charge is 0.221 e. The minimum atomic E-state index is 0.158. The highest BCUT2D eigenvalue weighted by Crippen LogP contribution is 2.12. The van der Waals surface area contributed by atoms with E-state index in [-0.39, 0.29) is 5.91 Å². The van der Waals surface area contributed by atoms with E-state index in [1.165, 1.54) is 89.9 Å². The molecule has 0 fully saturated rings. The van der Waals surface area contributed by atoms with Crippen molar-refractivity contribution in [3.63, 3.8) is 0 Å². The van der Waals surface area contributed by atoms with Crippen molar-refractivity contribution in [3.05, 3.63) is 0 Å². The molecular weight excluding hydrogens is 296 g/mol. The molecule has 0 aliphatic rings. The molecule has 0 saturated heterocycles. The van der Waals surface area contributed by atoms with Gasteiger partial charge in [-0.2, -0.15) is 0 Å². The normalized spacial score (nSPS) is 10.9. The molecule has 0 spiro atoms. The molecule has 0 aromatic carbocycles. The summed E-state index contributed by atoms with van der Waals surface area (Å²) in [5, 5.41) is 6.18. The summed E-state index contributed by atoms with van der Waals surface area (Å²) in [6.45, 7) is 6.84. The van der Waals surface area contributed by atoms with Gasteiger partial charge in [0.05, 0.1) is 0 Å². The van der Waals surface area contributed by atoms with E-state index in [0.29, 0.717) is 6.42 Å². The molecule has 0 rings (SSSR count). The van der Waals surface area contributed by atoms with Crippen LogP contribution in [0.15, 0.2) is 0 Å². The third kappa shape index (κ3) is 19.5. The Morgan fingerprint density at radius 2 is 1.08 bits per heavy atom. The molecule has 3 heteroatoms. The Kier molecular flexibility index (Phi) is 20.0. The van der Waals surface area contributed by atoms with Crippen LogP contribution in [0.2, 0.25) is 0 Å². The first kappa shape index (κ1) is 23.4. The van der Waals surface area contributed by atoms with Crippen LogP contribution in [-0.2, 0) is 4.79 Å². The zero-order valence-electron chi connectivity index (χ0n) is 16.6. The van der Waals surface area contributed by atoms with E-state index in [4.69, 9.17) is 0 Å². The Hall–Kier alpha value is -0.570. The van der Waals surface area contributed by atoms with E-state index < -0.39 is 0 Å². The Bertz CT molecular complexity index is 256. The van der Waals surface area contributed by atoms with Crippen molar-refractivity contribution >= 4 is 5.91 Å². The molecule has 0 aliphatic heterocycles. The zero-order valence-corrected chi connectivity index (χ0v) is 16.6. The summed E-state index contributed by atoms with van der Waals surface area (Å²) in [5.74, 6) is 0.158. The van der Waals surface area contributed by atoms with E-state index in [9.17, 15) is 4.79 Å². The van der Waals surface area contributed by atoms with Crippen LogP contribution in [0.3, 0.4) is 0 Å². The molecule has 3 nitrogen and oxygen atoms in total. The van der Waals surface area contributed by atoms with Crippen LogP contribution in [0, 0.1) is 0 Å². The van der Waals surface area contributed by atoms with E-state index in [2.05, 4.69) is 17.6 Å². The van der Waals surface area contributed by atoms with Crippen LogP contribution in [0.1, 0.15) is 110 Å². The lowest BCUT2D eigenvalue weighted by Crippen LogP contribution is -2.27. The van der Waals surface area contributed by atoms with Gasteiger partial charge in [-0.05, 0) is 19.9 Å². The maximum atomic E-state index is 11.3. The number of amides is 1. The first-order valence-electron chi connectivity index (χ1n) is 10.8. The average Bonchev–Trinajstić information content (AvgIpc) is 2.58. The van der Waals surface area contributed by atoms with E-state index >= 15 is 0 Å². The molecular formula is C21H44N2O. The van der Waals surface area contributed by atoms with E-state index in [0.717, 1.165) is 19.6 Å². The third-order valence-corrected chi connectivity index (χ3v) is 4.61. The minimum Gasteiger partial charge on any atom is -0.356 e. The average molecular weight is 341 g/mol. The van der Waals surface area contributed by atoms with Crippen molar-refractivity contribution < 1.29 is 4.79 Å². The molecule has 2 N–H and O–H groups in total. The lowest BCUT2D eigenvalue weighted by Gasteiger charge is -2.05. The second-order valence-corrected chi connectivity index (χ2v) is 7.05. The highest BCUT2D eigenvalue weighted by atomic mass is 16.1. The highest BCUT2D eigenvalue weighted by molar-refractivity contribution is 5.75. The van der Waals surface area contributed by atoms with Gasteiger partial charge in [0, 0.05) is 19.5 Å². The van der Waals surface area contributed by atoms with Gasteiger partial charge < -0.3 is 10.6 Å². The maximum absolute atomic E-state index is 11.3. The van der Waals surface area contributed by atoms with Crippen molar-refractivity contribution in [1.29, 1.82) is 0 Å².